The van der Waals surface area contributed by atoms with Crippen molar-refractivity contribution in [3.05, 3.63) is 105 Å². The molecule has 0 spiro atoms. The molecule has 0 fully saturated rings. The smallest absolute Gasteiger partial charge is 0.271 e. The minimum Gasteiger partial charge on any atom is -0.352 e. The summed E-state index contributed by atoms with van der Waals surface area (Å²) in [6, 6.07) is 20.5. The summed E-state index contributed by atoms with van der Waals surface area (Å²) in [7, 11) is -4.04. The third-order valence-corrected chi connectivity index (χ3v) is 8.22. The number of nitrogens with one attached hydrogen (secondary N) is 1. The number of sulfonamides is 1. The molecule has 2 atom stereocenters. The van der Waals surface area contributed by atoms with E-state index in [1.165, 1.54) is 23.1 Å². The van der Waals surface area contributed by atoms with Crippen LogP contribution in [0.15, 0.2) is 83.3 Å². The van der Waals surface area contributed by atoms with E-state index in [0.717, 1.165) is 32.2 Å². The van der Waals surface area contributed by atoms with Gasteiger partial charge < -0.3 is 10.2 Å². The Balaban J connectivity index is 2.07. The molecule has 3 rings (SSSR count). The fourth-order valence-electron chi connectivity index (χ4n) is 4.16. The first-order valence-corrected chi connectivity index (χ1v) is 15.6. The Morgan fingerprint density at radius 1 is 1.00 bits per heavy atom. The Bertz CT molecular complexity index is 1470. The molecule has 10 nitrogen and oxygen atoms in total. The predicted molar refractivity (Wildman–Crippen MR) is 162 cm³/mol. The monoisotopic (exact) mass is 644 g/mol. The van der Waals surface area contributed by atoms with E-state index >= 15 is 0 Å². The molecule has 0 aliphatic carbocycles. The van der Waals surface area contributed by atoms with Gasteiger partial charge in [-0.25, -0.2) is 8.42 Å². The summed E-state index contributed by atoms with van der Waals surface area (Å²) in [6.07, 6.45) is 1.80. The van der Waals surface area contributed by atoms with Gasteiger partial charge in [-0.1, -0.05) is 71.4 Å². The molecule has 41 heavy (non-hydrogen) atoms. The summed E-state index contributed by atoms with van der Waals surface area (Å²) in [5.41, 5.74) is 1.22. The molecule has 0 saturated carbocycles. The molecule has 3 aromatic rings. The van der Waals surface area contributed by atoms with Crippen LogP contribution in [0, 0.1) is 10.1 Å². The first-order valence-electron chi connectivity index (χ1n) is 13.0. The second-order valence-electron chi connectivity index (χ2n) is 9.72. The van der Waals surface area contributed by atoms with E-state index in [4.69, 9.17) is 0 Å². The van der Waals surface area contributed by atoms with Crippen molar-refractivity contribution in [1.82, 2.24) is 10.2 Å². The molecule has 0 heterocycles. The van der Waals surface area contributed by atoms with Gasteiger partial charge in [-0.05, 0) is 42.7 Å². The van der Waals surface area contributed by atoms with E-state index in [9.17, 15) is 28.1 Å². The van der Waals surface area contributed by atoms with Gasteiger partial charge in [0.2, 0.25) is 21.8 Å². The maximum atomic E-state index is 14.1. The van der Waals surface area contributed by atoms with Crippen molar-refractivity contribution in [2.75, 3.05) is 17.1 Å². The SMILES string of the molecule is CC[C@@H](C)NC(=O)[C@@H](Cc1ccccc1)N(Cc1ccc(Br)cc1)C(=O)CN(c1cccc([N+](=O)[O-])c1)S(C)(=O)=O. The number of halogens is 1. The second-order valence-corrected chi connectivity index (χ2v) is 12.5. The number of carbonyl (C=O) groups excluding carboxylic acids is 2. The van der Waals surface area contributed by atoms with Crippen LogP contribution in [-0.2, 0) is 32.6 Å². The number of amides is 2. The second kappa shape index (κ2) is 14.2. The van der Waals surface area contributed by atoms with Crippen LogP contribution in [-0.4, -0.2) is 54.9 Å². The van der Waals surface area contributed by atoms with Crippen molar-refractivity contribution < 1.29 is 22.9 Å². The molecule has 0 aliphatic rings. The average Bonchev–Trinajstić information content (AvgIpc) is 2.94. The zero-order valence-electron chi connectivity index (χ0n) is 23.1. The molecule has 12 heteroatoms. The zero-order valence-corrected chi connectivity index (χ0v) is 25.5. The summed E-state index contributed by atoms with van der Waals surface area (Å²) in [4.78, 5) is 39.8. The highest BCUT2D eigenvalue weighted by Crippen LogP contribution is 2.24. The first-order chi connectivity index (χ1) is 19.4. The minimum absolute atomic E-state index is 0.0256. The fourth-order valence-corrected chi connectivity index (χ4v) is 5.26. The van der Waals surface area contributed by atoms with E-state index in [0.29, 0.717) is 6.42 Å². The number of hydrogen-bond donors (Lipinski definition) is 1. The number of anilines is 1. The summed E-state index contributed by atoms with van der Waals surface area (Å²) < 4.78 is 27.4. The van der Waals surface area contributed by atoms with Gasteiger partial charge in [0.15, 0.2) is 0 Å². The highest BCUT2D eigenvalue weighted by Gasteiger charge is 2.33. The van der Waals surface area contributed by atoms with E-state index in [-0.39, 0.29) is 36.3 Å². The van der Waals surface area contributed by atoms with Crippen LogP contribution in [0.2, 0.25) is 0 Å². The molecule has 218 valence electrons. The standard InChI is InChI=1S/C29H33BrN4O6S/c1-4-21(2)31-29(36)27(17-22-9-6-5-7-10-22)32(19-23-13-15-24(30)16-14-23)28(35)20-33(41(3,39)40)25-11-8-12-26(18-25)34(37)38/h5-16,18,21,27H,4,17,19-20H2,1-3H3,(H,31,36)/t21-,27-/m1/s1. The Kier molecular flexibility index (Phi) is 11.0. The first kappa shape index (κ1) is 31.8. The summed E-state index contributed by atoms with van der Waals surface area (Å²) in [5.74, 6) is -1.000. The van der Waals surface area contributed by atoms with Crippen molar-refractivity contribution in [2.45, 2.75) is 45.3 Å². The van der Waals surface area contributed by atoms with Crippen LogP contribution in [0.5, 0.6) is 0 Å². The Hall–Kier alpha value is -3.77. The van der Waals surface area contributed by atoms with E-state index in [2.05, 4.69) is 21.2 Å². The van der Waals surface area contributed by atoms with Gasteiger partial charge in [-0.3, -0.25) is 24.0 Å². The quantitative estimate of drug-likeness (QED) is 0.212. The number of nitrogens with zero attached hydrogens (tertiary/aromatic N) is 3. The maximum Gasteiger partial charge on any atom is 0.271 e. The predicted octanol–water partition coefficient (Wildman–Crippen LogP) is 4.68. The van der Waals surface area contributed by atoms with Crippen LogP contribution in [0.3, 0.4) is 0 Å². The molecule has 0 radical (unpaired) electrons. The van der Waals surface area contributed by atoms with E-state index < -0.39 is 33.4 Å². The third-order valence-electron chi connectivity index (χ3n) is 6.55. The lowest BCUT2D eigenvalue weighted by atomic mass is 10.0. The summed E-state index contributed by atoms with van der Waals surface area (Å²) in [6.45, 7) is 3.18. The van der Waals surface area contributed by atoms with E-state index in [1.54, 1.807) is 0 Å². The van der Waals surface area contributed by atoms with Crippen LogP contribution < -0.4 is 9.62 Å². The number of benzene rings is 3. The van der Waals surface area contributed by atoms with Crippen LogP contribution >= 0.6 is 15.9 Å². The molecule has 0 aliphatic heterocycles. The zero-order chi connectivity index (χ0) is 30.2. The summed E-state index contributed by atoms with van der Waals surface area (Å²) in [5, 5.41) is 14.3. The molecule has 3 aromatic carbocycles. The molecular formula is C29H33BrN4O6S. The Morgan fingerprint density at radius 2 is 1.66 bits per heavy atom. The van der Waals surface area contributed by atoms with Gasteiger partial charge in [0, 0.05) is 35.6 Å². The van der Waals surface area contributed by atoms with Crippen molar-refractivity contribution in [3.8, 4) is 0 Å². The Labute approximate surface area is 248 Å². The van der Waals surface area contributed by atoms with Gasteiger partial charge in [-0.2, -0.15) is 0 Å². The van der Waals surface area contributed by atoms with Crippen LogP contribution in [0.4, 0.5) is 11.4 Å². The van der Waals surface area contributed by atoms with Crippen molar-refractivity contribution in [2.24, 2.45) is 0 Å². The number of carbonyl (C=O) groups is 2. The average molecular weight is 646 g/mol. The van der Waals surface area contributed by atoms with E-state index in [1.807, 2.05) is 68.4 Å². The lowest BCUT2D eigenvalue weighted by Gasteiger charge is -2.34. The highest BCUT2D eigenvalue weighted by atomic mass is 79.9. The van der Waals surface area contributed by atoms with Gasteiger partial charge in [0.25, 0.3) is 5.69 Å². The van der Waals surface area contributed by atoms with Gasteiger partial charge in [0.1, 0.15) is 12.6 Å². The number of nitro groups is 1. The maximum absolute atomic E-state index is 14.1. The van der Waals surface area contributed by atoms with Crippen molar-refractivity contribution in [1.29, 1.82) is 0 Å². The number of hydrogen-bond acceptors (Lipinski definition) is 6. The topological polar surface area (TPSA) is 130 Å². The van der Waals surface area contributed by atoms with Gasteiger partial charge >= 0.3 is 0 Å². The molecule has 2 amide bonds. The Morgan fingerprint density at radius 3 is 2.24 bits per heavy atom. The molecule has 1 N–H and O–H groups in total. The number of rotatable bonds is 13. The lowest BCUT2D eigenvalue weighted by molar-refractivity contribution is -0.384. The molecular weight excluding hydrogens is 612 g/mol. The van der Waals surface area contributed by atoms with Gasteiger partial charge in [0.05, 0.1) is 16.9 Å². The summed E-state index contributed by atoms with van der Waals surface area (Å²) >= 11 is 3.40. The van der Waals surface area contributed by atoms with Gasteiger partial charge in [-0.15, -0.1) is 0 Å². The van der Waals surface area contributed by atoms with Crippen LogP contribution in [0.1, 0.15) is 31.4 Å². The lowest BCUT2D eigenvalue weighted by Crippen LogP contribution is -2.54. The number of nitro benzene ring substituents is 1. The fraction of sp³-hybridized carbons (Fsp3) is 0.310. The molecule has 0 bridgehead atoms. The molecule has 0 unspecified atom stereocenters. The number of non-ortho nitro benzene ring substituents is 1. The highest BCUT2D eigenvalue weighted by molar-refractivity contribution is 9.10. The largest absolute Gasteiger partial charge is 0.352 e. The van der Waals surface area contributed by atoms with Crippen LogP contribution in [0.25, 0.3) is 0 Å². The third kappa shape index (κ3) is 9.12. The molecule has 0 aromatic heterocycles. The van der Waals surface area contributed by atoms with Crippen molar-refractivity contribution in [3.63, 3.8) is 0 Å². The van der Waals surface area contributed by atoms with Crippen molar-refractivity contribution >= 4 is 49.1 Å². The molecule has 0 saturated heterocycles. The minimum atomic E-state index is -4.04. The normalized spacial score (nSPS) is 12.7.